The van der Waals surface area contributed by atoms with E-state index in [-0.39, 0.29) is 12.2 Å². The lowest BCUT2D eigenvalue weighted by Crippen LogP contribution is -2.44. The van der Waals surface area contributed by atoms with Gasteiger partial charge in [0.1, 0.15) is 6.04 Å². The van der Waals surface area contributed by atoms with Crippen LogP contribution in [0.5, 0.6) is 0 Å². The minimum absolute atomic E-state index is 0.0711. The van der Waals surface area contributed by atoms with E-state index in [0.717, 1.165) is 22.4 Å². The maximum atomic E-state index is 12.8. The van der Waals surface area contributed by atoms with E-state index < -0.39 is 30.4 Å². The molecule has 0 aliphatic rings. The Hall–Kier alpha value is -4.24. The molecule has 2 amide bonds. The van der Waals surface area contributed by atoms with Crippen molar-refractivity contribution >= 4 is 34.3 Å². The molecule has 178 valence electrons. The first kappa shape index (κ1) is 23.9. The number of thiazole rings is 1. The van der Waals surface area contributed by atoms with Crippen LogP contribution in [0, 0.1) is 6.92 Å². The minimum Gasteiger partial charge on any atom is -0.459 e. The van der Waals surface area contributed by atoms with E-state index in [2.05, 4.69) is 15.6 Å². The van der Waals surface area contributed by atoms with Gasteiger partial charge in [-0.2, -0.15) is 0 Å². The zero-order valence-corrected chi connectivity index (χ0v) is 19.7. The van der Waals surface area contributed by atoms with Crippen molar-refractivity contribution < 1.29 is 23.5 Å². The van der Waals surface area contributed by atoms with E-state index in [1.54, 1.807) is 6.07 Å². The molecule has 0 bridgehead atoms. The summed E-state index contributed by atoms with van der Waals surface area (Å²) < 4.78 is 10.3. The van der Waals surface area contributed by atoms with Crippen molar-refractivity contribution in [2.75, 3.05) is 11.9 Å². The maximum Gasteiger partial charge on any atom is 0.329 e. The number of aromatic nitrogens is 1. The average molecular weight is 490 g/mol. The second-order valence-electron chi connectivity index (χ2n) is 7.75. The van der Waals surface area contributed by atoms with E-state index in [1.807, 2.05) is 66.9 Å². The molecule has 9 heteroatoms. The molecule has 2 aromatic carbocycles. The fourth-order valence-electron chi connectivity index (χ4n) is 3.26. The molecule has 0 fully saturated rings. The van der Waals surface area contributed by atoms with E-state index in [4.69, 9.17) is 9.15 Å². The number of benzene rings is 2. The Labute approximate surface area is 206 Å². The van der Waals surface area contributed by atoms with Gasteiger partial charge in [-0.15, -0.1) is 11.3 Å². The highest BCUT2D eigenvalue weighted by Crippen LogP contribution is 2.25. The molecule has 0 saturated heterocycles. The number of hydrogen-bond donors (Lipinski definition) is 2. The quantitative estimate of drug-likeness (QED) is 0.341. The SMILES string of the molecule is Cc1ccc(-c2csc(NC(=O)COC(=O)C(Cc3ccccc3)NC(=O)c3ccco3)n2)cc1. The van der Waals surface area contributed by atoms with Crippen LogP contribution in [0.3, 0.4) is 0 Å². The lowest BCUT2D eigenvalue weighted by Gasteiger charge is -2.17. The third-order valence-electron chi connectivity index (χ3n) is 5.06. The van der Waals surface area contributed by atoms with Crippen LogP contribution in [0.1, 0.15) is 21.7 Å². The topological polar surface area (TPSA) is 111 Å². The molecular formula is C26H23N3O5S. The minimum atomic E-state index is -1.00. The highest BCUT2D eigenvalue weighted by Gasteiger charge is 2.25. The molecular weight excluding hydrogens is 466 g/mol. The number of ether oxygens (including phenoxy) is 1. The van der Waals surface area contributed by atoms with Gasteiger partial charge in [-0.1, -0.05) is 60.2 Å². The van der Waals surface area contributed by atoms with Crippen LogP contribution in [0.15, 0.2) is 82.8 Å². The summed E-state index contributed by atoms with van der Waals surface area (Å²) in [7, 11) is 0. The first-order chi connectivity index (χ1) is 17.0. The van der Waals surface area contributed by atoms with Crippen molar-refractivity contribution in [2.45, 2.75) is 19.4 Å². The number of rotatable bonds is 9. The predicted octanol–water partition coefficient (Wildman–Crippen LogP) is 4.23. The van der Waals surface area contributed by atoms with Gasteiger partial charge in [0.2, 0.25) is 0 Å². The normalized spacial score (nSPS) is 11.5. The third-order valence-corrected chi connectivity index (χ3v) is 5.82. The van der Waals surface area contributed by atoms with Crippen LogP contribution in [0.25, 0.3) is 11.3 Å². The van der Waals surface area contributed by atoms with Gasteiger partial charge in [0.05, 0.1) is 12.0 Å². The Kier molecular flexibility index (Phi) is 7.69. The first-order valence-corrected chi connectivity index (χ1v) is 11.7. The lowest BCUT2D eigenvalue weighted by molar-refractivity contribution is -0.149. The molecule has 2 aromatic heterocycles. The third kappa shape index (κ3) is 6.64. The Bertz CT molecular complexity index is 1280. The Morgan fingerprint density at radius 3 is 2.51 bits per heavy atom. The molecule has 0 saturated carbocycles. The smallest absolute Gasteiger partial charge is 0.329 e. The zero-order chi connectivity index (χ0) is 24.6. The predicted molar refractivity (Wildman–Crippen MR) is 132 cm³/mol. The molecule has 0 radical (unpaired) electrons. The van der Waals surface area contributed by atoms with Crippen molar-refractivity contribution in [3.8, 4) is 11.3 Å². The first-order valence-electron chi connectivity index (χ1n) is 10.9. The van der Waals surface area contributed by atoms with Crippen LogP contribution in [-0.2, 0) is 20.7 Å². The Morgan fingerprint density at radius 1 is 1.03 bits per heavy atom. The largest absolute Gasteiger partial charge is 0.459 e. The number of anilines is 1. The molecule has 1 atom stereocenters. The van der Waals surface area contributed by atoms with Gasteiger partial charge >= 0.3 is 5.97 Å². The second-order valence-corrected chi connectivity index (χ2v) is 8.61. The Balaban J connectivity index is 1.35. The lowest BCUT2D eigenvalue weighted by atomic mass is 10.1. The van der Waals surface area contributed by atoms with E-state index >= 15 is 0 Å². The van der Waals surface area contributed by atoms with Gasteiger partial charge in [-0.05, 0) is 24.6 Å². The number of amides is 2. The van der Waals surface area contributed by atoms with Gasteiger partial charge in [-0.3, -0.25) is 14.9 Å². The van der Waals surface area contributed by atoms with Crippen LogP contribution < -0.4 is 10.6 Å². The number of carbonyl (C=O) groups excluding carboxylic acids is 3. The number of furan rings is 1. The van der Waals surface area contributed by atoms with Crippen molar-refractivity contribution in [1.29, 1.82) is 0 Å². The van der Waals surface area contributed by atoms with Gasteiger partial charge in [-0.25, -0.2) is 9.78 Å². The molecule has 4 aromatic rings. The fourth-order valence-corrected chi connectivity index (χ4v) is 4.00. The summed E-state index contributed by atoms with van der Waals surface area (Å²) in [4.78, 5) is 42.0. The average Bonchev–Trinajstić information content (AvgIpc) is 3.56. The van der Waals surface area contributed by atoms with Gasteiger partial charge in [0, 0.05) is 17.4 Å². The standard InChI is InChI=1S/C26H23N3O5S/c1-17-9-11-19(12-10-17)21-16-35-26(28-21)29-23(30)15-34-25(32)20(14-18-6-3-2-4-7-18)27-24(31)22-8-5-13-33-22/h2-13,16,20H,14-15H2,1H3,(H,27,31)(H,28,29,30). The highest BCUT2D eigenvalue weighted by atomic mass is 32.1. The van der Waals surface area contributed by atoms with E-state index in [1.165, 1.54) is 23.7 Å². The summed E-state index contributed by atoms with van der Waals surface area (Å²) in [6.45, 7) is 1.49. The number of aryl methyl sites for hydroxylation is 1. The summed E-state index contributed by atoms with van der Waals surface area (Å²) in [5.74, 6) is -1.74. The molecule has 2 heterocycles. The molecule has 0 aliphatic carbocycles. The molecule has 4 rings (SSSR count). The van der Waals surface area contributed by atoms with Crippen LogP contribution in [-0.4, -0.2) is 35.4 Å². The van der Waals surface area contributed by atoms with Gasteiger partial charge in [0.25, 0.3) is 11.8 Å². The summed E-state index contributed by atoms with van der Waals surface area (Å²) >= 11 is 1.28. The second kappa shape index (κ2) is 11.3. The molecule has 1 unspecified atom stereocenters. The monoisotopic (exact) mass is 489 g/mol. The highest BCUT2D eigenvalue weighted by molar-refractivity contribution is 7.14. The summed E-state index contributed by atoms with van der Waals surface area (Å²) in [6, 6.07) is 19.1. The molecule has 0 spiro atoms. The van der Waals surface area contributed by atoms with Crippen molar-refractivity contribution in [3.05, 3.63) is 95.3 Å². The fraction of sp³-hybridized carbons (Fsp3) is 0.154. The zero-order valence-electron chi connectivity index (χ0n) is 18.9. The van der Waals surface area contributed by atoms with Crippen molar-refractivity contribution in [2.24, 2.45) is 0 Å². The summed E-state index contributed by atoms with van der Waals surface area (Å²) in [5, 5.41) is 7.49. The number of carbonyl (C=O) groups is 3. The molecule has 2 N–H and O–H groups in total. The van der Waals surface area contributed by atoms with E-state index in [9.17, 15) is 14.4 Å². The number of nitrogens with one attached hydrogen (secondary N) is 2. The molecule has 8 nitrogen and oxygen atoms in total. The van der Waals surface area contributed by atoms with Crippen LogP contribution in [0.4, 0.5) is 5.13 Å². The maximum absolute atomic E-state index is 12.8. The van der Waals surface area contributed by atoms with Crippen LogP contribution >= 0.6 is 11.3 Å². The van der Waals surface area contributed by atoms with Crippen molar-refractivity contribution in [1.82, 2.24) is 10.3 Å². The van der Waals surface area contributed by atoms with E-state index in [0.29, 0.717) is 5.13 Å². The number of hydrogen-bond acceptors (Lipinski definition) is 7. The summed E-state index contributed by atoms with van der Waals surface area (Å²) in [5.41, 5.74) is 3.65. The van der Waals surface area contributed by atoms with Crippen LogP contribution in [0.2, 0.25) is 0 Å². The number of esters is 1. The molecule has 0 aliphatic heterocycles. The summed E-state index contributed by atoms with van der Waals surface area (Å²) in [6.07, 6.45) is 1.56. The Morgan fingerprint density at radius 2 is 1.80 bits per heavy atom. The van der Waals surface area contributed by atoms with Crippen molar-refractivity contribution in [3.63, 3.8) is 0 Å². The number of nitrogens with zero attached hydrogens (tertiary/aromatic N) is 1. The molecule has 35 heavy (non-hydrogen) atoms. The van der Waals surface area contributed by atoms with Gasteiger partial charge < -0.3 is 14.5 Å². The van der Waals surface area contributed by atoms with Gasteiger partial charge in [0.15, 0.2) is 17.5 Å².